The Kier molecular flexibility index (Phi) is 3.16. The van der Waals surface area contributed by atoms with Crippen molar-refractivity contribution < 1.29 is 9.90 Å². The van der Waals surface area contributed by atoms with E-state index in [2.05, 4.69) is 6.07 Å². The van der Waals surface area contributed by atoms with Crippen LogP contribution in [0.5, 0.6) is 0 Å². The molecular formula is C13H13N2O3. The lowest BCUT2D eigenvalue weighted by Crippen LogP contribution is -2.32. The van der Waals surface area contributed by atoms with Crippen LogP contribution in [0.25, 0.3) is 10.8 Å². The molecule has 0 spiro atoms. The number of pyridine rings is 1. The van der Waals surface area contributed by atoms with E-state index in [1.54, 1.807) is 25.1 Å². The van der Waals surface area contributed by atoms with Crippen molar-refractivity contribution in [3.8, 4) is 0 Å². The third-order valence-corrected chi connectivity index (χ3v) is 2.63. The number of aliphatic hydroxyl groups excluding tert-OH is 1. The fourth-order valence-corrected chi connectivity index (χ4v) is 1.87. The number of amides is 1. The Labute approximate surface area is 103 Å². The van der Waals surface area contributed by atoms with Gasteiger partial charge in [-0.15, -0.1) is 0 Å². The summed E-state index contributed by atoms with van der Waals surface area (Å²) in [6, 6.07) is 9.40. The molecule has 5 nitrogen and oxygen atoms in total. The Balaban J connectivity index is 2.79. The molecule has 1 atom stereocenters. The summed E-state index contributed by atoms with van der Waals surface area (Å²) in [6.07, 6.45) is -0.744. The molecule has 3 N–H and O–H groups in total. The molecule has 0 saturated heterocycles. The molecule has 2 rings (SSSR count). The van der Waals surface area contributed by atoms with Gasteiger partial charge in [-0.2, -0.15) is 0 Å². The van der Waals surface area contributed by atoms with Gasteiger partial charge in [-0.3, -0.25) is 9.59 Å². The van der Waals surface area contributed by atoms with Crippen molar-refractivity contribution in [2.24, 2.45) is 5.73 Å². The second-order valence-corrected chi connectivity index (χ2v) is 4.16. The van der Waals surface area contributed by atoms with Gasteiger partial charge in [0.2, 0.25) is 0 Å². The fraction of sp³-hybridized carbons (Fsp3) is 0.231. The fourth-order valence-electron chi connectivity index (χ4n) is 1.87. The first-order chi connectivity index (χ1) is 8.50. The normalized spacial score (nSPS) is 12.6. The second-order valence-electron chi connectivity index (χ2n) is 4.16. The van der Waals surface area contributed by atoms with E-state index < -0.39 is 12.0 Å². The monoisotopic (exact) mass is 245 g/mol. The van der Waals surface area contributed by atoms with Gasteiger partial charge >= 0.3 is 0 Å². The Bertz CT molecular complexity index is 659. The van der Waals surface area contributed by atoms with Crippen LogP contribution in [0.1, 0.15) is 17.4 Å². The highest BCUT2D eigenvalue weighted by molar-refractivity contribution is 5.95. The zero-order chi connectivity index (χ0) is 13.3. The van der Waals surface area contributed by atoms with Crippen molar-refractivity contribution >= 4 is 16.7 Å². The van der Waals surface area contributed by atoms with Crippen LogP contribution < -0.4 is 11.3 Å². The minimum atomic E-state index is -0.744. The van der Waals surface area contributed by atoms with E-state index in [1.807, 2.05) is 0 Å². The van der Waals surface area contributed by atoms with Crippen molar-refractivity contribution in [2.45, 2.75) is 19.6 Å². The number of carbonyl (C=O) groups excluding carboxylic acids is 1. The van der Waals surface area contributed by atoms with E-state index in [-0.39, 0.29) is 17.8 Å². The third-order valence-electron chi connectivity index (χ3n) is 2.63. The maximum Gasteiger partial charge on any atom is 0.265 e. The maximum atomic E-state index is 12.2. The smallest absolute Gasteiger partial charge is 0.265 e. The molecule has 1 aromatic carbocycles. The molecule has 2 aromatic rings. The number of nitrogens with two attached hydrogens (primary N) is 1. The minimum Gasteiger partial charge on any atom is -0.392 e. The molecule has 1 amide bonds. The molecule has 0 aliphatic heterocycles. The highest BCUT2D eigenvalue weighted by Crippen LogP contribution is 2.11. The summed E-state index contributed by atoms with van der Waals surface area (Å²) in [5.41, 5.74) is 4.99. The van der Waals surface area contributed by atoms with Crippen molar-refractivity contribution in [3.05, 3.63) is 46.4 Å². The molecule has 1 unspecified atom stereocenters. The average Bonchev–Trinajstić information content (AvgIpc) is 2.32. The molecule has 0 saturated carbocycles. The van der Waals surface area contributed by atoms with Crippen molar-refractivity contribution in [2.75, 3.05) is 0 Å². The topological polar surface area (TPSA) is 85.3 Å². The zero-order valence-corrected chi connectivity index (χ0v) is 9.88. The minimum absolute atomic E-state index is 0.0297. The number of nitrogens with zero attached hydrogens (tertiary/aromatic N) is 1. The number of benzene rings is 1. The number of rotatable bonds is 3. The van der Waals surface area contributed by atoms with Crippen LogP contribution in [0.2, 0.25) is 0 Å². The van der Waals surface area contributed by atoms with Gasteiger partial charge in [0.1, 0.15) is 5.69 Å². The predicted octanol–water partition coefficient (Wildman–Crippen LogP) is 0.281. The SMILES string of the molecule is CC(O)Cn1c(C(N)=O)cc2[c]cccc2c1=O. The molecule has 5 heteroatoms. The molecule has 0 fully saturated rings. The third kappa shape index (κ3) is 2.12. The van der Waals surface area contributed by atoms with E-state index in [0.29, 0.717) is 10.8 Å². The number of fused-ring (bicyclic) bond motifs is 1. The first-order valence-corrected chi connectivity index (χ1v) is 5.53. The average molecular weight is 245 g/mol. The van der Waals surface area contributed by atoms with Crippen LogP contribution in [-0.2, 0) is 6.54 Å². The maximum absolute atomic E-state index is 12.2. The van der Waals surface area contributed by atoms with Gasteiger partial charge in [0.15, 0.2) is 0 Å². The zero-order valence-electron chi connectivity index (χ0n) is 9.88. The molecule has 0 bridgehead atoms. The Morgan fingerprint density at radius 2 is 2.33 bits per heavy atom. The summed E-state index contributed by atoms with van der Waals surface area (Å²) in [7, 11) is 0. The molecule has 0 aliphatic carbocycles. The Morgan fingerprint density at radius 3 is 2.94 bits per heavy atom. The van der Waals surface area contributed by atoms with Crippen LogP contribution >= 0.6 is 0 Å². The lowest BCUT2D eigenvalue weighted by atomic mass is 10.1. The first-order valence-electron chi connectivity index (χ1n) is 5.53. The van der Waals surface area contributed by atoms with Crippen molar-refractivity contribution in [1.82, 2.24) is 4.57 Å². The highest BCUT2D eigenvalue weighted by atomic mass is 16.3. The first kappa shape index (κ1) is 12.3. The van der Waals surface area contributed by atoms with E-state index in [9.17, 15) is 14.7 Å². The standard InChI is InChI=1S/C13H13N2O3/c1-8(16)7-15-11(12(14)17)6-9-4-2-3-5-10(9)13(15)18/h2-3,5-6,8,16H,7H2,1H3,(H2,14,17). The summed E-state index contributed by atoms with van der Waals surface area (Å²) in [6.45, 7) is 1.57. The van der Waals surface area contributed by atoms with Gasteiger partial charge in [-0.1, -0.05) is 12.1 Å². The van der Waals surface area contributed by atoms with Crippen LogP contribution in [0.15, 0.2) is 29.1 Å². The van der Waals surface area contributed by atoms with E-state index in [0.717, 1.165) is 0 Å². The van der Waals surface area contributed by atoms with Gasteiger partial charge in [-0.05, 0) is 30.5 Å². The van der Waals surface area contributed by atoms with E-state index in [4.69, 9.17) is 5.73 Å². The number of aliphatic hydroxyl groups is 1. The number of hydrogen-bond donors (Lipinski definition) is 2. The van der Waals surface area contributed by atoms with E-state index in [1.165, 1.54) is 10.6 Å². The van der Waals surface area contributed by atoms with Crippen LogP contribution in [0.3, 0.4) is 0 Å². The lowest BCUT2D eigenvalue weighted by Gasteiger charge is -2.13. The molecule has 0 aliphatic rings. The van der Waals surface area contributed by atoms with Crippen molar-refractivity contribution in [3.63, 3.8) is 0 Å². The Hall–Kier alpha value is -2.14. The van der Waals surface area contributed by atoms with Gasteiger partial charge < -0.3 is 15.4 Å². The summed E-state index contributed by atoms with van der Waals surface area (Å²) in [5.74, 6) is -0.702. The summed E-state index contributed by atoms with van der Waals surface area (Å²) in [5, 5.41) is 10.4. The van der Waals surface area contributed by atoms with Crippen LogP contribution in [-0.4, -0.2) is 21.7 Å². The molecule has 1 radical (unpaired) electrons. The molecule has 1 aromatic heterocycles. The quantitative estimate of drug-likeness (QED) is 0.814. The second kappa shape index (κ2) is 4.62. The van der Waals surface area contributed by atoms with Crippen LogP contribution in [0, 0.1) is 6.07 Å². The van der Waals surface area contributed by atoms with Gasteiger partial charge in [0.05, 0.1) is 12.6 Å². The Morgan fingerprint density at radius 1 is 1.61 bits per heavy atom. The summed E-state index contributed by atoms with van der Waals surface area (Å²) >= 11 is 0. The molecular weight excluding hydrogens is 232 g/mol. The molecule has 18 heavy (non-hydrogen) atoms. The predicted molar refractivity (Wildman–Crippen MR) is 67.2 cm³/mol. The lowest BCUT2D eigenvalue weighted by molar-refractivity contribution is 0.0985. The van der Waals surface area contributed by atoms with E-state index >= 15 is 0 Å². The van der Waals surface area contributed by atoms with Crippen molar-refractivity contribution in [1.29, 1.82) is 0 Å². The van der Waals surface area contributed by atoms with Crippen LogP contribution in [0.4, 0.5) is 0 Å². The molecule has 1 heterocycles. The highest BCUT2D eigenvalue weighted by Gasteiger charge is 2.14. The number of primary amides is 1. The van der Waals surface area contributed by atoms with Gasteiger partial charge in [-0.25, -0.2) is 0 Å². The molecule has 93 valence electrons. The summed E-state index contributed by atoms with van der Waals surface area (Å²) < 4.78 is 1.20. The number of aromatic nitrogens is 1. The number of hydrogen-bond acceptors (Lipinski definition) is 3. The largest absolute Gasteiger partial charge is 0.392 e. The van der Waals surface area contributed by atoms with Gasteiger partial charge in [0, 0.05) is 5.39 Å². The number of carbonyl (C=O) groups is 1. The van der Waals surface area contributed by atoms with Gasteiger partial charge in [0.25, 0.3) is 11.5 Å². The summed E-state index contributed by atoms with van der Waals surface area (Å²) in [4.78, 5) is 23.6.